The molecule has 30 heavy (non-hydrogen) atoms. The molecule has 0 saturated heterocycles. The number of nitrogens with one attached hydrogen (secondary N) is 2. The van der Waals surface area contributed by atoms with Crippen LogP contribution in [0.15, 0.2) is 77.9 Å². The quantitative estimate of drug-likeness (QED) is 0.354. The summed E-state index contributed by atoms with van der Waals surface area (Å²) in [6.45, 7) is 0.261. The van der Waals surface area contributed by atoms with Gasteiger partial charge in [-0.05, 0) is 42.5 Å². The number of hydrogen-bond acceptors (Lipinski definition) is 4. The van der Waals surface area contributed by atoms with E-state index >= 15 is 0 Å². The fourth-order valence-corrected chi connectivity index (χ4v) is 2.61. The Morgan fingerprint density at radius 1 is 0.967 bits per heavy atom. The minimum atomic E-state index is -0.968. The fourth-order valence-electron chi connectivity index (χ4n) is 2.42. The zero-order valence-electron chi connectivity index (χ0n) is 15.6. The highest BCUT2D eigenvalue weighted by Gasteiger charge is 2.13. The standard InChI is InChI=1S/C22H17ClFN3O3/c23-19-7-3-1-6-16(19)14-30-20-8-4-2-5-15(20)13-25-27-22(29)21(28)26-18-11-9-17(24)10-12-18/h1-13H,14H2,(H,26,28)(H,27,29)/b25-13-. The number of ether oxygens (including phenoxy) is 1. The van der Waals surface area contributed by atoms with Crippen LogP contribution in [0.1, 0.15) is 11.1 Å². The van der Waals surface area contributed by atoms with Gasteiger partial charge in [0.2, 0.25) is 0 Å². The lowest BCUT2D eigenvalue weighted by Gasteiger charge is -2.10. The highest BCUT2D eigenvalue weighted by molar-refractivity contribution is 6.39. The number of amides is 2. The van der Waals surface area contributed by atoms with Crippen LogP contribution in [0.4, 0.5) is 10.1 Å². The van der Waals surface area contributed by atoms with E-state index in [1.807, 2.05) is 18.2 Å². The molecule has 8 heteroatoms. The molecule has 0 atom stereocenters. The van der Waals surface area contributed by atoms with Gasteiger partial charge in [-0.15, -0.1) is 0 Å². The van der Waals surface area contributed by atoms with E-state index in [1.165, 1.54) is 30.5 Å². The maximum Gasteiger partial charge on any atom is 0.329 e. The molecule has 0 bridgehead atoms. The Morgan fingerprint density at radius 2 is 1.67 bits per heavy atom. The number of anilines is 1. The smallest absolute Gasteiger partial charge is 0.329 e. The van der Waals surface area contributed by atoms with Gasteiger partial charge in [-0.3, -0.25) is 9.59 Å². The van der Waals surface area contributed by atoms with Crippen LogP contribution in [-0.2, 0) is 16.2 Å². The van der Waals surface area contributed by atoms with Crippen LogP contribution in [0.5, 0.6) is 5.75 Å². The number of halogens is 2. The molecule has 0 unspecified atom stereocenters. The average Bonchev–Trinajstić information content (AvgIpc) is 2.75. The summed E-state index contributed by atoms with van der Waals surface area (Å²) in [5, 5.41) is 6.74. The molecule has 6 nitrogen and oxygen atoms in total. The molecule has 3 aromatic carbocycles. The zero-order chi connectivity index (χ0) is 21.3. The van der Waals surface area contributed by atoms with Gasteiger partial charge < -0.3 is 10.1 Å². The number of hydrogen-bond donors (Lipinski definition) is 2. The number of benzene rings is 3. The number of para-hydroxylation sites is 1. The van der Waals surface area contributed by atoms with Crippen molar-refractivity contribution in [3.05, 3.63) is 94.8 Å². The number of rotatable bonds is 6. The van der Waals surface area contributed by atoms with Crippen molar-refractivity contribution in [2.45, 2.75) is 6.61 Å². The molecule has 0 aliphatic heterocycles. The van der Waals surface area contributed by atoms with Crippen LogP contribution in [0.3, 0.4) is 0 Å². The van der Waals surface area contributed by atoms with E-state index in [4.69, 9.17) is 16.3 Å². The van der Waals surface area contributed by atoms with E-state index < -0.39 is 17.6 Å². The first-order chi connectivity index (χ1) is 14.5. The normalized spacial score (nSPS) is 10.6. The second kappa shape index (κ2) is 10.2. The maximum absolute atomic E-state index is 12.9. The summed E-state index contributed by atoms with van der Waals surface area (Å²) in [5.41, 5.74) is 3.86. The molecule has 2 amide bonds. The lowest BCUT2D eigenvalue weighted by Crippen LogP contribution is -2.32. The summed E-state index contributed by atoms with van der Waals surface area (Å²) in [6, 6.07) is 19.5. The third kappa shape index (κ3) is 5.89. The largest absolute Gasteiger partial charge is 0.488 e. The van der Waals surface area contributed by atoms with Crippen molar-refractivity contribution in [2.75, 3.05) is 5.32 Å². The SMILES string of the molecule is O=C(N/N=C\c1ccccc1OCc1ccccc1Cl)C(=O)Nc1ccc(F)cc1. The highest BCUT2D eigenvalue weighted by atomic mass is 35.5. The summed E-state index contributed by atoms with van der Waals surface area (Å²) in [6.07, 6.45) is 1.37. The molecule has 3 rings (SSSR count). The molecule has 0 aliphatic carbocycles. The van der Waals surface area contributed by atoms with Crippen molar-refractivity contribution >= 4 is 35.3 Å². The monoisotopic (exact) mass is 425 g/mol. The first-order valence-electron chi connectivity index (χ1n) is 8.88. The third-order valence-electron chi connectivity index (χ3n) is 3.94. The van der Waals surface area contributed by atoms with Crippen molar-refractivity contribution in [2.24, 2.45) is 5.10 Å². The number of nitrogens with zero attached hydrogens (tertiary/aromatic N) is 1. The molecule has 0 aliphatic rings. The molecule has 0 aromatic heterocycles. The van der Waals surface area contributed by atoms with Crippen LogP contribution < -0.4 is 15.5 Å². The van der Waals surface area contributed by atoms with Gasteiger partial charge in [0.1, 0.15) is 18.2 Å². The van der Waals surface area contributed by atoms with E-state index in [0.29, 0.717) is 22.0 Å². The molecule has 2 N–H and O–H groups in total. The van der Waals surface area contributed by atoms with Gasteiger partial charge in [0.15, 0.2) is 0 Å². The Kier molecular flexibility index (Phi) is 7.13. The van der Waals surface area contributed by atoms with E-state index in [9.17, 15) is 14.0 Å². The summed E-state index contributed by atoms with van der Waals surface area (Å²) in [7, 11) is 0. The lowest BCUT2D eigenvalue weighted by atomic mass is 10.2. The Balaban J connectivity index is 1.58. The first kappa shape index (κ1) is 21.0. The van der Waals surface area contributed by atoms with E-state index in [-0.39, 0.29) is 6.61 Å². The van der Waals surface area contributed by atoms with Gasteiger partial charge in [-0.2, -0.15) is 5.10 Å². The predicted molar refractivity (Wildman–Crippen MR) is 113 cm³/mol. The maximum atomic E-state index is 12.9. The van der Waals surface area contributed by atoms with Gasteiger partial charge in [0.25, 0.3) is 0 Å². The van der Waals surface area contributed by atoms with Crippen molar-refractivity contribution < 1.29 is 18.7 Å². The van der Waals surface area contributed by atoms with Crippen molar-refractivity contribution in [1.29, 1.82) is 0 Å². The Bertz CT molecular complexity index is 1070. The van der Waals surface area contributed by atoms with Crippen LogP contribution in [-0.4, -0.2) is 18.0 Å². The van der Waals surface area contributed by atoms with Crippen LogP contribution in [0.25, 0.3) is 0 Å². The number of carbonyl (C=O) groups is 2. The van der Waals surface area contributed by atoms with Crippen LogP contribution in [0, 0.1) is 5.82 Å². The lowest BCUT2D eigenvalue weighted by molar-refractivity contribution is -0.136. The third-order valence-corrected chi connectivity index (χ3v) is 4.31. The summed E-state index contributed by atoms with van der Waals surface area (Å²) in [5.74, 6) is -1.81. The van der Waals surface area contributed by atoms with Gasteiger partial charge >= 0.3 is 11.8 Å². The minimum Gasteiger partial charge on any atom is -0.488 e. The van der Waals surface area contributed by atoms with Crippen molar-refractivity contribution in [3.8, 4) is 5.75 Å². The number of carbonyl (C=O) groups excluding carboxylic acids is 2. The van der Waals surface area contributed by atoms with Gasteiger partial charge in [0, 0.05) is 21.8 Å². The molecule has 0 heterocycles. The minimum absolute atomic E-state index is 0.261. The summed E-state index contributed by atoms with van der Waals surface area (Å²) in [4.78, 5) is 23.8. The topological polar surface area (TPSA) is 79.8 Å². The molecule has 0 spiro atoms. The summed E-state index contributed by atoms with van der Waals surface area (Å²) < 4.78 is 18.7. The first-order valence-corrected chi connectivity index (χ1v) is 9.26. The van der Waals surface area contributed by atoms with Crippen molar-refractivity contribution in [3.63, 3.8) is 0 Å². The number of hydrazone groups is 1. The molecule has 0 fully saturated rings. The molecular weight excluding hydrogens is 409 g/mol. The molecule has 0 saturated carbocycles. The Morgan fingerprint density at radius 3 is 2.43 bits per heavy atom. The van der Waals surface area contributed by atoms with E-state index in [2.05, 4.69) is 15.8 Å². The Labute approximate surface area is 177 Å². The second-order valence-corrected chi connectivity index (χ2v) is 6.49. The average molecular weight is 426 g/mol. The van der Waals surface area contributed by atoms with Gasteiger partial charge in [-0.1, -0.05) is 41.9 Å². The molecular formula is C22H17ClFN3O3. The molecule has 0 radical (unpaired) electrons. The van der Waals surface area contributed by atoms with Gasteiger partial charge in [-0.25, -0.2) is 9.82 Å². The van der Waals surface area contributed by atoms with Crippen LogP contribution >= 0.6 is 11.6 Å². The fraction of sp³-hybridized carbons (Fsp3) is 0.0455. The van der Waals surface area contributed by atoms with Gasteiger partial charge in [0.05, 0.1) is 6.21 Å². The van der Waals surface area contributed by atoms with Crippen LogP contribution in [0.2, 0.25) is 5.02 Å². The van der Waals surface area contributed by atoms with E-state index in [0.717, 1.165) is 5.56 Å². The summed E-state index contributed by atoms with van der Waals surface area (Å²) >= 11 is 6.13. The zero-order valence-corrected chi connectivity index (χ0v) is 16.4. The Hall–Kier alpha value is -3.71. The second-order valence-electron chi connectivity index (χ2n) is 6.08. The highest BCUT2D eigenvalue weighted by Crippen LogP contribution is 2.20. The van der Waals surface area contributed by atoms with Crippen molar-refractivity contribution in [1.82, 2.24) is 5.43 Å². The molecule has 3 aromatic rings. The van der Waals surface area contributed by atoms with E-state index in [1.54, 1.807) is 30.3 Å². The predicted octanol–water partition coefficient (Wildman–Crippen LogP) is 4.15. The molecule has 152 valence electrons.